The van der Waals surface area contributed by atoms with Gasteiger partial charge in [0, 0.05) is 30.9 Å². The van der Waals surface area contributed by atoms with Crippen molar-refractivity contribution < 1.29 is 19.4 Å². The number of aliphatic carboxylic acids is 1. The molecule has 2 aromatic rings. The molecule has 1 fully saturated rings. The van der Waals surface area contributed by atoms with Crippen molar-refractivity contribution in [3.05, 3.63) is 23.5 Å². The number of fused-ring (bicyclic) bond motifs is 1. The van der Waals surface area contributed by atoms with E-state index in [1.807, 2.05) is 39.8 Å². The maximum Gasteiger partial charge on any atom is 0.410 e. The highest BCUT2D eigenvalue weighted by Gasteiger charge is 2.34. The summed E-state index contributed by atoms with van der Waals surface area (Å²) >= 11 is 0. The maximum absolute atomic E-state index is 12.6. The monoisotopic (exact) mass is 389 g/mol. The Labute approximate surface area is 163 Å². The lowest BCUT2D eigenvalue weighted by Crippen LogP contribution is -2.36. The predicted octanol–water partition coefficient (Wildman–Crippen LogP) is 3.00. The summed E-state index contributed by atoms with van der Waals surface area (Å²) in [6.45, 7) is 8.34. The molecule has 28 heavy (non-hydrogen) atoms. The molecule has 1 unspecified atom stereocenters. The van der Waals surface area contributed by atoms with Gasteiger partial charge >= 0.3 is 12.1 Å². The SMILES string of the molecule is Cc1cc(NCCC(=O)O)n2nc(C3CCCN3C(=O)OC(C)(C)C)cc2n1. The van der Waals surface area contributed by atoms with Crippen molar-refractivity contribution in [3.8, 4) is 0 Å². The average molecular weight is 389 g/mol. The molecule has 1 saturated heterocycles. The predicted molar refractivity (Wildman–Crippen MR) is 103 cm³/mol. The zero-order chi connectivity index (χ0) is 20.5. The number of carboxylic acid groups (broad SMARTS) is 1. The summed E-state index contributed by atoms with van der Waals surface area (Å²) in [6, 6.07) is 3.54. The number of ether oxygens (including phenoxy) is 1. The van der Waals surface area contributed by atoms with E-state index in [1.54, 1.807) is 9.42 Å². The second-order valence-electron chi connectivity index (χ2n) is 8.02. The fraction of sp³-hybridized carbons (Fsp3) is 0.579. The molecule has 152 valence electrons. The molecule has 1 amide bonds. The first-order valence-corrected chi connectivity index (χ1v) is 9.46. The van der Waals surface area contributed by atoms with Crippen LogP contribution in [0.1, 0.15) is 57.5 Å². The van der Waals surface area contributed by atoms with Crippen molar-refractivity contribution in [2.24, 2.45) is 0 Å². The Morgan fingerprint density at radius 2 is 2.11 bits per heavy atom. The van der Waals surface area contributed by atoms with Crippen LogP contribution in [0.3, 0.4) is 0 Å². The van der Waals surface area contributed by atoms with E-state index in [-0.39, 0.29) is 25.1 Å². The molecule has 0 saturated carbocycles. The number of hydrogen-bond acceptors (Lipinski definition) is 6. The third-order valence-corrected chi connectivity index (χ3v) is 4.44. The minimum absolute atomic E-state index is 0.00599. The van der Waals surface area contributed by atoms with Crippen LogP contribution in [0.2, 0.25) is 0 Å². The molecule has 2 N–H and O–H groups in total. The first-order valence-electron chi connectivity index (χ1n) is 9.46. The topological polar surface area (TPSA) is 109 Å². The maximum atomic E-state index is 12.6. The Balaban J connectivity index is 1.86. The standard InChI is InChI=1S/C19H27N5O4/c1-12-10-15(20-8-7-17(25)26)24-16(21-12)11-13(22-24)14-6-5-9-23(14)18(27)28-19(2,3)4/h10-11,14,20H,5-9H2,1-4H3,(H,25,26). The molecule has 0 aliphatic carbocycles. The second-order valence-corrected chi connectivity index (χ2v) is 8.02. The number of carboxylic acids is 1. The Kier molecular flexibility index (Phi) is 5.44. The van der Waals surface area contributed by atoms with Crippen molar-refractivity contribution in [1.29, 1.82) is 0 Å². The number of likely N-dealkylation sites (tertiary alicyclic amines) is 1. The molecule has 1 atom stereocenters. The van der Waals surface area contributed by atoms with E-state index < -0.39 is 11.6 Å². The van der Waals surface area contributed by atoms with Crippen LogP contribution < -0.4 is 5.32 Å². The summed E-state index contributed by atoms with van der Waals surface area (Å²) in [5.41, 5.74) is 1.65. The summed E-state index contributed by atoms with van der Waals surface area (Å²) in [6.07, 6.45) is 1.36. The molecule has 3 heterocycles. The molecule has 9 nitrogen and oxygen atoms in total. The molecule has 0 aromatic carbocycles. The van der Waals surface area contributed by atoms with E-state index in [0.29, 0.717) is 18.0 Å². The molecule has 9 heteroatoms. The summed E-state index contributed by atoms with van der Waals surface area (Å²) in [5, 5.41) is 16.6. The zero-order valence-electron chi connectivity index (χ0n) is 16.7. The molecule has 0 spiro atoms. The fourth-order valence-electron chi connectivity index (χ4n) is 3.32. The molecule has 1 aliphatic heterocycles. The van der Waals surface area contributed by atoms with Crippen LogP contribution in [-0.2, 0) is 9.53 Å². The molecular weight excluding hydrogens is 362 g/mol. The van der Waals surface area contributed by atoms with Crippen molar-refractivity contribution in [1.82, 2.24) is 19.5 Å². The average Bonchev–Trinajstić information content (AvgIpc) is 3.18. The summed E-state index contributed by atoms with van der Waals surface area (Å²) in [5.74, 6) is -0.188. The van der Waals surface area contributed by atoms with Gasteiger partial charge < -0.3 is 15.2 Å². The normalized spacial score (nSPS) is 17.1. The van der Waals surface area contributed by atoms with Crippen LogP contribution in [-0.4, -0.2) is 55.4 Å². The van der Waals surface area contributed by atoms with Crippen LogP contribution in [0.4, 0.5) is 10.6 Å². The number of nitrogens with zero attached hydrogens (tertiary/aromatic N) is 4. The summed E-state index contributed by atoms with van der Waals surface area (Å²) < 4.78 is 7.20. The Bertz CT molecular complexity index is 886. The smallest absolute Gasteiger partial charge is 0.410 e. The van der Waals surface area contributed by atoms with Gasteiger partial charge in [0.2, 0.25) is 0 Å². The largest absolute Gasteiger partial charge is 0.481 e. The molecule has 0 bridgehead atoms. The lowest BCUT2D eigenvalue weighted by molar-refractivity contribution is -0.136. The fourth-order valence-corrected chi connectivity index (χ4v) is 3.32. The van der Waals surface area contributed by atoms with Crippen molar-refractivity contribution in [2.75, 3.05) is 18.4 Å². The van der Waals surface area contributed by atoms with Gasteiger partial charge in [0.25, 0.3) is 0 Å². The number of carbonyl (C=O) groups is 2. The number of nitrogens with one attached hydrogen (secondary N) is 1. The second kappa shape index (κ2) is 7.65. The van der Waals surface area contributed by atoms with Crippen LogP contribution in [0.5, 0.6) is 0 Å². The number of aryl methyl sites for hydroxylation is 1. The highest BCUT2D eigenvalue weighted by atomic mass is 16.6. The van der Waals surface area contributed by atoms with Crippen molar-refractivity contribution in [3.63, 3.8) is 0 Å². The van der Waals surface area contributed by atoms with E-state index in [1.165, 1.54) is 0 Å². The lowest BCUT2D eigenvalue weighted by atomic mass is 10.1. The molecular formula is C19H27N5O4. The van der Waals surface area contributed by atoms with E-state index >= 15 is 0 Å². The Hall–Kier alpha value is -2.84. The van der Waals surface area contributed by atoms with Gasteiger partial charge in [-0.3, -0.25) is 9.69 Å². The van der Waals surface area contributed by atoms with Gasteiger partial charge in [-0.15, -0.1) is 0 Å². The van der Waals surface area contributed by atoms with Crippen molar-refractivity contribution >= 4 is 23.5 Å². The van der Waals surface area contributed by atoms with E-state index in [0.717, 1.165) is 24.2 Å². The van der Waals surface area contributed by atoms with Gasteiger partial charge in [-0.25, -0.2) is 9.78 Å². The van der Waals surface area contributed by atoms with Crippen molar-refractivity contribution in [2.45, 2.75) is 58.6 Å². The number of amides is 1. The number of carbonyl (C=O) groups excluding carboxylic acids is 1. The zero-order valence-corrected chi connectivity index (χ0v) is 16.7. The van der Waals surface area contributed by atoms with Gasteiger partial charge in [-0.1, -0.05) is 0 Å². The summed E-state index contributed by atoms with van der Waals surface area (Å²) in [7, 11) is 0. The minimum Gasteiger partial charge on any atom is -0.481 e. The van der Waals surface area contributed by atoms with Crippen LogP contribution in [0.15, 0.2) is 12.1 Å². The number of hydrogen-bond donors (Lipinski definition) is 2. The van der Waals surface area contributed by atoms with Gasteiger partial charge in [0.15, 0.2) is 5.65 Å². The number of anilines is 1. The van der Waals surface area contributed by atoms with E-state index in [4.69, 9.17) is 9.84 Å². The molecule has 1 aliphatic rings. The Morgan fingerprint density at radius 1 is 1.36 bits per heavy atom. The van der Waals surface area contributed by atoms with Gasteiger partial charge in [-0.2, -0.15) is 9.61 Å². The van der Waals surface area contributed by atoms with Crippen LogP contribution in [0, 0.1) is 6.92 Å². The third-order valence-electron chi connectivity index (χ3n) is 4.44. The quantitative estimate of drug-likeness (QED) is 0.809. The summed E-state index contributed by atoms with van der Waals surface area (Å²) in [4.78, 5) is 29.6. The van der Waals surface area contributed by atoms with Gasteiger partial charge in [-0.05, 0) is 40.5 Å². The number of rotatable bonds is 5. The Morgan fingerprint density at radius 3 is 2.79 bits per heavy atom. The first-order chi connectivity index (χ1) is 13.1. The minimum atomic E-state index is -0.866. The number of aromatic nitrogens is 3. The first kappa shape index (κ1) is 19.9. The van der Waals surface area contributed by atoms with Gasteiger partial charge in [0.1, 0.15) is 11.4 Å². The molecule has 3 rings (SSSR count). The van der Waals surface area contributed by atoms with Crippen LogP contribution >= 0.6 is 0 Å². The highest BCUT2D eigenvalue weighted by molar-refractivity contribution is 5.69. The van der Waals surface area contributed by atoms with E-state index in [9.17, 15) is 9.59 Å². The van der Waals surface area contributed by atoms with E-state index in [2.05, 4.69) is 15.4 Å². The lowest BCUT2D eigenvalue weighted by Gasteiger charge is -2.27. The third kappa shape index (κ3) is 4.52. The van der Waals surface area contributed by atoms with Gasteiger partial charge in [0.05, 0.1) is 18.2 Å². The highest BCUT2D eigenvalue weighted by Crippen LogP contribution is 2.33. The molecule has 2 aromatic heterocycles. The van der Waals surface area contributed by atoms with Crippen LogP contribution in [0.25, 0.3) is 5.65 Å². The molecule has 0 radical (unpaired) electrons.